The normalized spacial score (nSPS) is 11.5. The van der Waals surface area contributed by atoms with Crippen LogP contribution in [0.2, 0.25) is 5.02 Å². The second kappa shape index (κ2) is 7.56. The van der Waals surface area contributed by atoms with Crippen LogP contribution in [0.25, 0.3) is 0 Å². The van der Waals surface area contributed by atoms with Crippen LogP contribution in [0, 0.1) is 0 Å². The average molecular weight is 318 g/mol. The SMILES string of the molecule is CC(NC(=O)CNC(=O)c1cccc(Cl)c1)c1ccncc1. The van der Waals surface area contributed by atoms with E-state index in [1.165, 1.54) is 0 Å². The molecule has 2 N–H and O–H groups in total. The molecule has 0 aliphatic heterocycles. The van der Waals surface area contributed by atoms with E-state index in [1.807, 2.05) is 19.1 Å². The van der Waals surface area contributed by atoms with Crippen molar-refractivity contribution in [1.29, 1.82) is 0 Å². The van der Waals surface area contributed by atoms with Crippen LogP contribution >= 0.6 is 11.6 Å². The first-order valence-electron chi connectivity index (χ1n) is 6.79. The summed E-state index contributed by atoms with van der Waals surface area (Å²) in [6.07, 6.45) is 3.33. The first-order valence-corrected chi connectivity index (χ1v) is 7.17. The van der Waals surface area contributed by atoms with Gasteiger partial charge in [0.1, 0.15) is 0 Å². The molecule has 2 rings (SSSR count). The number of hydrogen-bond acceptors (Lipinski definition) is 3. The number of aromatic nitrogens is 1. The summed E-state index contributed by atoms with van der Waals surface area (Å²) in [7, 11) is 0. The molecule has 1 heterocycles. The van der Waals surface area contributed by atoms with Crippen molar-refractivity contribution in [3.05, 3.63) is 64.9 Å². The summed E-state index contributed by atoms with van der Waals surface area (Å²) >= 11 is 5.82. The Labute approximate surface area is 133 Å². The molecule has 1 unspecified atom stereocenters. The predicted octanol–water partition coefficient (Wildman–Crippen LogP) is 2.34. The number of halogens is 1. The van der Waals surface area contributed by atoms with Gasteiger partial charge in [-0.3, -0.25) is 14.6 Å². The van der Waals surface area contributed by atoms with Gasteiger partial charge in [0.2, 0.25) is 5.91 Å². The standard InChI is InChI=1S/C16H16ClN3O2/c1-11(12-5-7-18-8-6-12)20-15(21)10-19-16(22)13-3-2-4-14(17)9-13/h2-9,11H,10H2,1H3,(H,19,22)(H,20,21). The summed E-state index contributed by atoms with van der Waals surface area (Å²) in [5.74, 6) is -0.603. The predicted molar refractivity (Wildman–Crippen MR) is 84.6 cm³/mol. The Kier molecular flexibility index (Phi) is 5.49. The van der Waals surface area contributed by atoms with Gasteiger partial charge in [0, 0.05) is 23.0 Å². The summed E-state index contributed by atoms with van der Waals surface area (Å²) in [6.45, 7) is 1.77. The van der Waals surface area contributed by atoms with Crippen LogP contribution in [0.1, 0.15) is 28.9 Å². The highest BCUT2D eigenvalue weighted by Gasteiger charge is 2.11. The van der Waals surface area contributed by atoms with Crippen molar-refractivity contribution >= 4 is 23.4 Å². The number of rotatable bonds is 5. The zero-order valence-electron chi connectivity index (χ0n) is 12.0. The molecule has 0 aliphatic rings. The van der Waals surface area contributed by atoms with Crippen molar-refractivity contribution in [2.75, 3.05) is 6.54 Å². The fourth-order valence-electron chi connectivity index (χ4n) is 1.92. The second-order valence-corrected chi connectivity index (χ2v) is 5.20. The monoisotopic (exact) mass is 317 g/mol. The molecule has 6 heteroatoms. The topological polar surface area (TPSA) is 71.1 Å². The van der Waals surface area contributed by atoms with Crippen LogP contribution in [-0.4, -0.2) is 23.3 Å². The minimum atomic E-state index is -0.339. The third-order valence-electron chi connectivity index (χ3n) is 3.08. The molecule has 0 saturated heterocycles. The molecule has 0 saturated carbocycles. The van der Waals surface area contributed by atoms with E-state index in [1.54, 1.807) is 36.7 Å². The third-order valence-corrected chi connectivity index (χ3v) is 3.32. The average Bonchev–Trinajstić information content (AvgIpc) is 2.53. The van der Waals surface area contributed by atoms with E-state index < -0.39 is 0 Å². The number of benzene rings is 1. The highest BCUT2D eigenvalue weighted by atomic mass is 35.5. The van der Waals surface area contributed by atoms with Crippen molar-refractivity contribution in [3.8, 4) is 0 Å². The Morgan fingerprint density at radius 1 is 1.23 bits per heavy atom. The van der Waals surface area contributed by atoms with E-state index in [0.717, 1.165) is 5.56 Å². The van der Waals surface area contributed by atoms with Crippen molar-refractivity contribution < 1.29 is 9.59 Å². The first kappa shape index (κ1) is 16.0. The molecule has 0 radical (unpaired) electrons. The fourth-order valence-corrected chi connectivity index (χ4v) is 2.11. The summed E-state index contributed by atoms with van der Waals surface area (Å²) in [6, 6.07) is 10.1. The molecule has 22 heavy (non-hydrogen) atoms. The maximum Gasteiger partial charge on any atom is 0.251 e. The Morgan fingerprint density at radius 3 is 2.64 bits per heavy atom. The van der Waals surface area contributed by atoms with E-state index >= 15 is 0 Å². The van der Waals surface area contributed by atoms with Crippen molar-refractivity contribution in [2.45, 2.75) is 13.0 Å². The number of carbonyl (C=O) groups is 2. The van der Waals surface area contributed by atoms with Crippen LogP contribution < -0.4 is 10.6 Å². The molecule has 1 aromatic carbocycles. The maximum atomic E-state index is 11.9. The molecule has 0 spiro atoms. The lowest BCUT2D eigenvalue weighted by molar-refractivity contribution is -0.120. The number of hydrogen-bond donors (Lipinski definition) is 2. The molecule has 2 amide bonds. The molecule has 1 atom stereocenters. The Morgan fingerprint density at radius 2 is 1.95 bits per heavy atom. The summed E-state index contributed by atoms with van der Waals surface area (Å²) in [5, 5.41) is 5.84. The second-order valence-electron chi connectivity index (χ2n) is 4.76. The van der Waals surface area contributed by atoms with Gasteiger partial charge in [0.15, 0.2) is 0 Å². The van der Waals surface area contributed by atoms with E-state index in [2.05, 4.69) is 15.6 Å². The summed E-state index contributed by atoms with van der Waals surface area (Å²) in [4.78, 5) is 27.7. The number of nitrogens with one attached hydrogen (secondary N) is 2. The summed E-state index contributed by atoms with van der Waals surface area (Å²) < 4.78 is 0. The molecule has 0 aliphatic carbocycles. The van der Waals surface area contributed by atoms with Crippen molar-refractivity contribution in [1.82, 2.24) is 15.6 Å². The van der Waals surface area contributed by atoms with E-state index in [0.29, 0.717) is 10.6 Å². The van der Waals surface area contributed by atoms with Crippen molar-refractivity contribution in [2.24, 2.45) is 0 Å². The molecule has 1 aromatic heterocycles. The van der Waals surface area contributed by atoms with Gasteiger partial charge < -0.3 is 10.6 Å². The maximum absolute atomic E-state index is 11.9. The molecular weight excluding hydrogens is 302 g/mol. The van der Waals surface area contributed by atoms with E-state index in [9.17, 15) is 9.59 Å². The smallest absolute Gasteiger partial charge is 0.251 e. The lowest BCUT2D eigenvalue weighted by atomic mass is 10.1. The number of pyridine rings is 1. The Balaban J connectivity index is 1.84. The van der Waals surface area contributed by atoms with Gasteiger partial charge in [-0.2, -0.15) is 0 Å². The molecule has 114 valence electrons. The quantitative estimate of drug-likeness (QED) is 0.889. The minimum Gasteiger partial charge on any atom is -0.348 e. The largest absolute Gasteiger partial charge is 0.348 e. The Hall–Kier alpha value is -2.40. The van der Waals surface area contributed by atoms with Crippen molar-refractivity contribution in [3.63, 3.8) is 0 Å². The summed E-state index contributed by atoms with van der Waals surface area (Å²) in [5.41, 5.74) is 1.37. The lowest BCUT2D eigenvalue weighted by Gasteiger charge is -2.14. The first-order chi connectivity index (χ1) is 10.6. The number of nitrogens with zero attached hydrogens (tertiary/aromatic N) is 1. The number of carbonyl (C=O) groups excluding carboxylic acids is 2. The third kappa shape index (κ3) is 4.56. The highest BCUT2D eigenvalue weighted by Crippen LogP contribution is 2.11. The van der Waals surface area contributed by atoms with Gasteiger partial charge in [-0.1, -0.05) is 17.7 Å². The fraction of sp³-hybridized carbons (Fsp3) is 0.188. The molecule has 0 bridgehead atoms. The van der Waals surface area contributed by atoms with Crippen LogP contribution in [-0.2, 0) is 4.79 Å². The molecular formula is C16H16ClN3O2. The van der Waals surface area contributed by atoms with Gasteiger partial charge in [0.05, 0.1) is 12.6 Å². The van der Waals surface area contributed by atoms with Crippen LogP contribution in [0.15, 0.2) is 48.8 Å². The zero-order valence-corrected chi connectivity index (χ0v) is 12.8. The van der Waals surface area contributed by atoms with Gasteiger partial charge in [-0.15, -0.1) is 0 Å². The van der Waals surface area contributed by atoms with Crippen LogP contribution in [0.5, 0.6) is 0 Å². The molecule has 5 nitrogen and oxygen atoms in total. The Bertz CT molecular complexity index is 661. The van der Waals surface area contributed by atoms with Crippen LogP contribution in [0.4, 0.5) is 0 Å². The zero-order chi connectivity index (χ0) is 15.9. The minimum absolute atomic E-state index is 0.0965. The van der Waals surface area contributed by atoms with Crippen LogP contribution in [0.3, 0.4) is 0 Å². The van der Waals surface area contributed by atoms with Gasteiger partial charge in [-0.25, -0.2) is 0 Å². The molecule has 2 aromatic rings. The highest BCUT2D eigenvalue weighted by molar-refractivity contribution is 6.30. The number of amides is 2. The van der Waals surface area contributed by atoms with Gasteiger partial charge in [0.25, 0.3) is 5.91 Å². The molecule has 0 fully saturated rings. The van der Waals surface area contributed by atoms with E-state index in [-0.39, 0.29) is 24.4 Å². The van der Waals surface area contributed by atoms with Gasteiger partial charge >= 0.3 is 0 Å². The van der Waals surface area contributed by atoms with E-state index in [4.69, 9.17) is 11.6 Å². The van der Waals surface area contributed by atoms with Gasteiger partial charge in [-0.05, 0) is 42.8 Å². The lowest BCUT2D eigenvalue weighted by Crippen LogP contribution is -2.38.